The molecule has 9 heteroatoms. The molecule has 0 aromatic heterocycles. The molecule has 0 aliphatic heterocycles. The van der Waals surface area contributed by atoms with Crippen molar-refractivity contribution in [3.8, 4) is 0 Å². The molecule has 0 saturated heterocycles. The van der Waals surface area contributed by atoms with Gasteiger partial charge in [0.15, 0.2) is 0 Å². The lowest BCUT2D eigenvalue weighted by Gasteiger charge is -2.18. The van der Waals surface area contributed by atoms with Gasteiger partial charge in [-0.15, -0.1) is 0 Å². The van der Waals surface area contributed by atoms with E-state index in [4.69, 9.17) is 14.6 Å². The van der Waals surface area contributed by atoms with Gasteiger partial charge in [0.25, 0.3) is 0 Å². The van der Waals surface area contributed by atoms with Crippen LogP contribution in [-0.2, 0) is 23.9 Å². The Morgan fingerprint density at radius 2 is 0.962 bits per heavy atom. The van der Waals surface area contributed by atoms with Crippen molar-refractivity contribution >= 4 is 29.5 Å². The number of hydrogen-bond acceptors (Lipinski definition) is 6. The highest BCUT2D eigenvalue weighted by molar-refractivity contribution is 7.99. The molecule has 0 aromatic rings. The van der Waals surface area contributed by atoms with Crippen molar-refractivity contribution in [2.24, 2.45) is 0 Å². The fraction of sp³-hybridized carbons (Fsp3) is 0.932. The van der Waals surface area contributed by atoms with Gasteiger partial charge >= 0.3 is 5.97 Å². The fourth-order valence-electron chi connectivity index (χ4n) is 6.48. The second kappa shape index (κ2) is 43.4. The molecule has 0 radical (unpaired) electrons. The van der Waals surface area contributed by atoms with Gasteiger partial charge in [-0.1, -0.05) is 181 Å². The Labute approximate surface area is 331 Å². The first-order chi connectivity index (χ1) is 26.0. The van der Waals surface area contributed by atoms with Crippen LogP contribution >= 0.6 is 11.8 Å². The van der Waals surface area contributed by atoms with Crippen LogP contribution in [0.15, 0.2) is 0 Å². The lowest BCUT2D eigenvalue weighted by Crippen LogP contribution is -2.37. The summed E-state index contributed by atoms with van der Waals surface area (Å²) in [4.78, 5) is 34.7. The monoisotopic (exact) mass is 771 g/mol. The zero-order chi connectivity index (χ0) is 38.7. The SMILES string of the molecule is CCCCCCCCCCCCCCCCOCC(CSCCC(=O)NCC(=O)NCCCC(=O)O)OCCCCCCCCCCCCCCCC. The third-order valence-electron chi connectivity index (χ3n) is 9.91. The Morgan fingerprint density at radius 3 is 1.42 bits per heavy atom. The van der Waals surface area contributed by atoms with E-state index in [9.17, 15) is 14.4 Å². The van der Waals surface area contributed by atoms with E-state index >= 15 is 0 Å². The Bertz CT molecular complexity index is 802. The van der Waals surface area contributed by atoms with E-state index in [-0.39, 0.29) is 30.9 Å². The molecule has 1 atom stereocenters. The molecule has 0 saturated carbocycles. The first-order valence-electron chi connectivity index (χ1n) is 22.5. The van der Waals surface area contributed by atoms with Crippen LogP contribution in [0.2, 0.25) is 0 Å². The van der Waals surface area contributed by atoms with E-state index in [0.717, 1.165) is 31.8 Å². The molecule has 1 unspecified atom stereocenters. The first-order valence-corrected chi connectivity index (χ1v) is 23.7. The van der Waals surface area contributed by atoms with Crippen LogP contribution in [0.1, 0.15) is 213 Å². The molecule has 0 fully saturated rings. The average molecular weight is 771 g/mol. The van der Waals surface area contributed by atoms with Crippen LogP contribution in [0, 0.1) is 0 Å². The number of carboxylic acids is 1. The summed E-state index contributed by atoms with van der Waals surface area (Å²) < 4.78 is 12.4. The summed E-state index contributed by atoms with van der Waals surface area (Å²) in [5, 5.41) is 14.0. The van der Waals surface area contributed by atoms with Crippen LogP contribution in [0.25, 0.3) is 0 Å². The Balaban J connectivity index is 4.12. The van der Waals surface area contributed by atoms with Gasteiger partial charge in [0.05, 0.1) is 19.3 Å². The number of rotatable bonds is 44. The zero-order valence-electron chi connectivity index (χ0n) is 34.8. The third-order valence-corrected chi connectivity index (χ3v) is 11.0. The van der Waals surface area contributed by atoms with E-state index in [1.807, 2.05) is 0 Å². The molecule has 0 spiro atoms. The highest BCUT2D eigenvalue weighted by Crippen LogP contribution is 2.15. The smallest absolute Gasteiger partial charge is 0.303 e. The summed E-state index contributed by atoms with van der Waals surface area (Å²) in [6.45, 7) is 6.89. The van der Waals surface area contributed by atoms with Gasteiger partial charge in [0, 0.05) is 44.1 Å². The Morgan fingerprint density at radius 1 is 0.528 bits per heavy atom. The van der Waals surface area contributed by atoms with Gasteiger partial charge in [0.1, 0.15) is 0 Å². The molecule has 0 heterocycles. The molecule has 8 nitrogen and oxygen atoms in total. The third kappa shape index (κ3) is 43.3. The van der Waals surface area contributed by atoms with Gasteiger partial charge in [-0.2, -0.15) is 11.8 Å². The summed E-state index contributed by atoms with van der Waals surface area (Å²) in [5.74, 6) is 0.0961. The van der Waals surface area contributed by atoms with Gasteiger partial charge in [-0.3, -0.25) is 14.4 Å². The van der Waals surface area contributed by atoms with Crippen LogP contribution < -0.4 is 10.6 Å². The van der Waals surface area contributed by atoms with Crippen molar-refractivity contribution in [2.75, 3.05) is 44.4 Å². The van der Waals surface area contributed by atoms with E-state index in [1.54, 1.807) is 11.8 Å². The van der Waals surface area contributed by atoms with E-state index in [2.05, 4.69) is 24.5 Å². The fourth-order valence-corrected chi connectivity index (χ4v) is 7.43. The number of ether oxygens (including phenoxy) is 2. The molecule has 0 rings (SSSR count). The molecule has 314 valence electrons. The number of aliphatic carboxylic acids is 1. The Kier molecular flexibility index (Phi) is 42.3. The molecule has 53 heavy (non-hydrogen) atoms. The molecular weight excluding hydrogens is 685 g/mol. The van der Waals surface area contributed by atoms with Crippen LogP contribution in [0.4, 0.5) is 0 Å². The molecule has 3 N–H and O–H groups in total. The van der Waals surface area contributed by atoms with E-state index < -0.39 is 5.97 Å². The summed E-state index contributed by atoms with van der Waals surface area (Å²) in [7, 11) is 0. The number of carbonyl (C=O) groups is 3. The summed E-state index contributed by atoms with van der Waals surface area (Å²) in [6, 6.07) is 0. The van der Waals surface area contributed by atoms with E-state index in [1.165, 1.54) is 167 Å². The van der Waals surface area contributed by atoms with E-state index in [0.29, 0.717) is 31.7 Å². The van der Waals surface area contributed by atoms with Crippen LogP contribution in [0.5, 0.6) is 0 Å². The largest absolute Gasteiger partial charge is 0.481 e. The van der Waals surface area contributed by atoms with Crippen molar-refractivity contribution in [1.29, 1.82) is 0 Å². The highest BCUT2D eigenvalue weighted by atomic mass is 32.2. The highest BCUT2D eigenvalue weighted by Gasteiger charge is 2.12. The van der Waals surface area contributed by atoms with Crippen molar-refractivity contribution < 1.29 is 29.0 Å². The molecular formula is C44H86N2O6S. The summed E-state index contributed by atoms with van der Waals surface area (Å²) in [6.07, 6.45) is 38.5. The first kappa shape index (κ1) is 51.7. The minimum Gasteiger partial charge on any atom is -0.481 e. The summed E-state index contributed by atoms with van der Waals surface area (Å²) in [5.41, 5.74) is 0. The van der Waals surface area contributed by atoms with Gasteiger partial charge < -0.3 is 25.2 Å². The van der Waals surface area contributed by atoms with Crippen LogP contribution in [0.3, 0.4) is 0 Å². The quantitative estimate of drug-likeness (QED) is 0.0529. The van der Waals surface area contributed by atoms with Crippen LogP contribution in [-0.4, -0.2) is 73.4 Å². The van der Waals surface area contributed by atoms with Gasteiger partial charge in [0.2, 0.25) is 11.8 Å². The molecule has 0 aliphatic carbocycles. The molecule has 0 aromatic carbocycles. The average Bonchev–Trinajstić information content (AvgIpc) is 3.15. The lowest BCUT2D eigenvalue weighted by atomic mass is 10.0. The number of carboxylic acid groups (broad SMARTS) is 1. The molecule has 2 amide bonds. The minimum absolute atomic E-state index is 0.0124. The molecule has 0 bridgehead atoms. The minimum atomic E-state index is -0.885. The predicted molar refractivity (Wildman–Crippen MR) is 226 cm³/mol. The molecule has 0 aliphatic rings. The van der Waals surface area contributed by atoms with Gasteiger partial charge in [-0.05, 0) is 19.3 Å². The normalized spacial score (nSPS) is 11.9. The number of thioether (sulfide) groups is 1. The van der Waals surface area contributed by atoms with Gasteiger partial charge in [-0.25, -0.2) is 0 Å². The summed E-state index contributed by atoms with van der Waals surface area (Å²) >= 11 is 1.70. The standard InChI is InChI=1S/C44H86N2O6S/c1-3-5-7-9-11-13-15-17-19-21-23-25-27-29-35-51-39-41(40-53-37-33-42(47)46-38-43(48)45-34-31-32-44(49)50)52-36-30-28-26-24-22-20-18-16-14-12-10-8-6-4-2/h41H,3-40H2,1-2H3,(H,45,48)(H,46,47)(H,49,50). The second-order valence-corrected chi connectivity index (χ2v) is 16.4. The number of hydrogen-bond donors (Lipinski definition) is 3. The number of amides is 2. The predicted octanol–water partition coefficient (Wildman–Crippen LogP) is 11.6. The van der Waals surface area contributed by atoms with Crippen molar-refractivity contribution in [1.82, 2.24) is 10.6 Å². The topological polar surface area (TPSA) is 114 Å². The maximum atomic E-state index is 12.2. The second-order valence-electron chi connectivity index (χ2n) is 15.2. The Hall–Kier alpha value is -1.32. The maximum absolute atomic E-state index is 12.2. The number of unbranched alkanes of at least 4 members (excludes halogenated alkanes) is 26. The zero-order valence-corrected chi connectivity index (χ0v) is 35.7. The van der Waals surface area contributed by atoms with Crippen molar-refractivity contribution in [2.45, 2.75) is 219 Å². The number of carbonyl (C=O) groups excluding carboxylic acids is 2. The lowest BCUT2D eigenvalue weighted by molar-refractivity contribution is -0.137. The van der Waals surface area contributed by atoms with Crippen molar-refractivity contribution in [3.63, 3.8) is 0 Å². The maximum Gasteiger partial charge on any atom is 0.303 e. The van der Waals surface area contributed by atoms with Crippen molar-refractivity contribution in [3.05, 3.63) is 0 Å². The number of nitrogens with one attached hydrogen (secondary N) is 2.